The molecule has 0 aliphatic rings. The molecule has 0 spiro atoms. The van der Waals surface area contributed by atoms with Gasteiger partial charge in [-0.2, -0.15) is 0 Å². The van der Waals surface area contributed by atoms with Crippen molar-refractivity contribution in [2.75, 3.05) is 6.61 Å². The zero-order valence-corrected chi connectivity index (χ0v) is 11.2. The molecule has 0 amide bonds. The van der Waals surface area contributed by atoms with Crippen molar-refractivity contribution in [3.05, 3.63) is 32.3 Å². The second-order valence-electron chi connectivity index (χ2n) is 3.52. The van der Waals surface area contributed by atoms with Crippen LogP contribution in [0.1, 0.15) is 12.0 Å². The maximum atomic E-state index is 10.9. The third-order valence-electron chi connectivity index (χ3n) is 2.15. The fraction of sp³-hybridized carbons (Fsp3) is 0.300. The number of oxime groups is 1. The molecule has 0 aromatic heterocycles. The van der Waals surface area contributed by atoms with Gasteiger partial charge >= 0.3 is 5.69 Å². The Bertz CT molecular complexity index is 490. The Kier molecular flexibility index (Phi) is 4.90. The number of nitrogens with zero attached hydrogens (tertiary/aromatic N) is 2. The molecule has 0 bridgehead atoms. The summed E-state index contributed by atoms with van der Waals surface area (Å²) >= 11 is 3.19. The molecule has 1 aromatic carbocycles. The molecule has 0 saturated carbocycles. The van der Waals surface area contributed by atoms with Gasteiger partial charge in [0.1, 0.15) is 5.84 Å². The lowest BCUT2D eigenvalue weighted by atomic mass is 10.2. The van der Waals surface area contributed by atoms with Crippen molar-refractivity contribution in [1.82, 2.24) is 0 Å². The van der Waals surface area contributed by atoms with Crippen molar-refractivity contribution in [2.24, 2.45) is 10.9 Å². The standard InChI is InChI=1S/C10H12BrN3O4/c1-6-4-7(11)5-8(14(16)17)10(6)18-3-2-9(12)13-15/h4-5,15H,2-3H2,1H3,(H2,12,13). The number of rotatable bonds is 5. The van der Waals surface area contributed by atoms with Crippen molar-refractivity contribution in [3.8, 4) is 5.75 Å². The van der Waals surface area contributed by atoms with Crippen molar-refractivity contribution < 1.29 is 14.9 Å². The van der Waals surface area contributed by atoms with Crippen LogP contribution < -0.4 is 10.5 Å². The number of nitrogens with two attached hydrogens (primary N) is 1. The molecule has 8 heteroatoms. The average molecular weight is 318 g/mol. The zero-order valence-electron chi connectivity index (χ0n) is 9.59. The van der Waals surface area contributed by atoms with Gasteiger partial charge in [0.2, 0.25) is 0 Å². The second kappa shape index (κ2) is 6.20. The van der Waals surface area contributed by atoms with Gasteiger partial charge in [-0.3, -0.25) is 10.1 Å². The molecule has 0 saturated heterocycles. The number of nitro groups is 1. The number of amidine groups is 1. The summed E-state index contributed by atoms with van der Waals surface area (Å²) < 4.78 is 5.93. The van der Waals surface area contributed by atoms with Crippen LogP contribution in [0.3, 0.4) is 0 Å². The van der Waals surface area contributed by atoms with E-state index in [0.717, 1.165) is 0 Å². The van der Waals surface area contributed by atoms with Gasteiger partial charge in [0, 0.05) is 17.0 Å². The van der Waals surface area contributed by atoms with E-state index in [1.807, 2.05) is 0 Å². The van der Waals surface area contributed by atoms with Crippen LogP contribution in [0.15, 0.2) is 21.8 Å². The summed E-state index contributed by atoms with van der Waals surface area (Å²) in [6, 6.07) is 3.08. The topological polar surface area (TPSA) is 111 Å². The van der Waals surface area contributed by atoms with Gasteiger partial charge < -0.3 is 15.7 Å². The molecule has 0 atom stereocenters. The van der Waals surface area contributed by atoms with Crippen LogP contribution in [-0.2, 0) is 0 Å². The highest BCUT2D eigenvalue weighted by atomic mass is 79.9. The maximum absolute atomic E-state index is 10.9. The first-order chi connectivity index (χ1) is 8.45. The van der Waals surface area contributed by atoms with E-state index in [-0.39, 0.29) is 30.3 Å². The predicted octanol–water partition coefficient (Wildman–Crippen LogP) is 2.18. The number of halogens is 1. The number of ether oxygens (including phenoxy) is 1. The highest BCUT2D eigenvalue weighted by molar-refractivity contribution is 9.10. The van der Waals surface area contributed by atoms with Crippen LogP contribution in [0, 0.1) is 17.0 Å². The largest absolute Gasteiger partial charge is 0.486 e. The van der Waals surface area contributed by atoms with Crippen LogP contribution in [0.25, 0.3) is 0 Å². The molecule has 1 rings (SSSR count). The SMILES string of the molecule is Cc1cc(Br)cc([N+](=O)[O-])c1OCCC(N)=NO. The summed E-state index contributed by atoms with van der Waals surface area (Å²) in [4.78, 5) is 10.4. The van der Waals surface area contributed by atoms with Crippen LogP contribution in [0.5, 0.6) is 5.75 Å². The van der Waals surface area contributed by atoms with E-state index in [9.17, 15) is 10.1 Å². The lowest BCUT2D eigenvalue weighted by molar-refractivity contribution is -0.386. The minimum Gasteiger partial charge on any atom is -0.486 e. The van der Waals surface area contributed by atoms with E-state index >= 15 is 0 Å². The van der Waals surface area contributed by atoms with Crippen LogP contribution >= 0.6 is 15.9 Å². The number of nitro benzene ring substituents is 1. The first-order valence-electron chi connectivity index (χ1n) is 4.99. The molecule has 0 unspecified atom stereocenters. The average Bonchev–Trinajstić information content (AvgIpc) is 2.30. The molecular weight excluding hydrogens is 306 g/mol. The molecule has 7 nitrogen and oxygen atoms in total. The molecule has 3 N–H and O–H groups in total. The fourth-order valence-corrected chi connectivity index (χ4v) is 1.90. The van der Waals surface area contributed by atoms with E-state index in [1.54, 1.807) is 13.0 Å². The summed E-state index contributed by atoms with van der Waals surface area (Å²) in [7, 11) is 0. The van der Waals surface area contributed by atoms with Crippen molar-refractivity contribution in [3.63, 3.8) is 0 Å². The van der Waals surface area contributed by atoms with E-state index < -0.39 is 4.92 Å². The van der Waals surface area contributed by atoms with E-state index in [2.05, 4.69) is 21.1 Å². The molecule has 98 valence electrons. The molecule has 0 radical (unpaired) electrons. The molecular formula is C10H12BrN3O4. The first kappa shape index (κ1) is 14.2. The highest BCUT2D eigenvalue weighted by Gasteiger charge is 2.18. The second-order valence-corrected chi connectivity index (χ2v) is 4.43. The molecule has 0 aliphatic carbocycles. The number of aryl methyl sites for hydroxylation is 1. The van der Waals surface area contributed by atoms with Crippen molar-refractivity contribution in [2.45, 2.75) is 13.3 Å². The van der Waals surface area contributed by atoms with Crippen molar-refractivity contribution in [1.29, 1.82) is 0 Å². The first-order valence-corrected chi connectivity index (χ1v) is 5.78. The van der Waals surface area contributed by atoms with Gasteiger partial charge in [0.25, 0.3) is 0 Å². The minimum atomic E-state index is -0.517. The van der Waals surface area contributed by atoms with Gasteiger partial charge in [0.15, 0.2) is 5.75 Å². The Morgan fingerprint density at radius 2 is 2.33 bits per heavy atom. The van der Waals surface area contributed by atoms with Crippen LogP contribution in [0.2, 0.25) is 0 Å². The summed E-state index contributed by atoms with van der Waals surface area (Å²) in [6.45, 7) is 1.80. The third kappa shape index (κ3) is 3.59. The monoisotopic (exact) mass is 317 g/mol. The summed E-state index contributed by atoms with van der Waals surface area (Å²) in [5, 5.41) is 22.0. The predicted molar refractivity (Wildman–Crippen MR) is 69.1 cm³/mol. The third-order valence-corrected chi connectivity index (χ3v) is 2.61. The van der Waals surface area contributed by atoms with Gasteiger partial charge in [-0.15, -0.1) is 0 Å². The quantitative estimate of drug-likeness (QED) is 0.284. The van der Waals surface area contributed by atoms with Gasteiger partial charge in [0.05, 0.1) is 11.5 Å². The molecule has 1 aromatic rings. The fourth-order valence-electron chi connectivity index (χ4n) is 1.34. The smallest absolute Gasteiger partial charge is 0.312 e. The molecule has 0 fully saturated rings. The van der Waals surface area contributed by atoms with Gasteiger partial charge in [-0.25, -0.2) is 0 Å². The Hall–Kier alpha value is -1.83. The van der Waals surface area contributed by atoms with Gasteiger partial charge in [-0.05, 0) is 18.6 Å². The van der Waals surface area contributed by atoms with Gasteiger partial charge in [-0.1, -0.05) is 21.1 Å². The maximum Gasteiger partial charge on any atom is 0.312 e. The molecule has 0 heterocycles. The highest BCUT2D eigenvalue weighted by Crippen LogP contribution is 2.34. The van der Waals surface area contributed by atoms with E-state index in [0.29, 0.717) is 10.0 Å². The number of benzene rings is 1. The normalized spacial score (nSPS) is 11.3. The lowest BCUT2D eigenvalue weighted by Crippen LogP contribution is -2.16. The Morgan fingerprint density at radius 3 is 2.89 bits per heavy atom. The minimum absolute atomic E-state index is 0.00687. The lowest BCUT2D eigenvalue weighted by Gasteiger charge is -2.09. The van der Waals surface area contributed by atoms with Crippen LogP contribution in [0.4, 0.5) is 5.69 Å². The molecule has 0 aliphatic heterocycles. The Labute approximate surface area is 112 Å². The summed E-state index contributed by atoms with van der Waals surface area (Å²) in [5.74, 6) is 0.196. The van der Waals surface area contributed by atoms with E-state index in [4.69, 9.17) is 15.7 Å². The van der Waals surface area contributed by atoms with E-state index in [1.165, 1.54) is 6.07 Å². The van der Waals surface area contributed by atoms with Crippen molar-refractivity contribution >= 4 is 27.5 Å². The Balaban J connectivity index is 2.90. The van der Waals surface area contributed by atoms with Crippen LogP contribution in [-0.4, -0.2) is 22.6 Å². The molecule has 18 heavy (non-hydrogen) atoms. The number of hydrogen-bond donors (Lipinski definition) is 2. The zero-order chi connectivity index (χ0) is 13.7. The number of hydrogen-bond acceptors (Lipinski definition) is 5. The Morgan fingerprint density at radius 1 is 1.67 bits per heavy atom. The summed E-state index contributed by atoms with van der Waals surface area (Å²) in [5.41, 5.74) is 5.79. The summed E-state index contributed by atoms with van der Waals surface area (Å²) in [6.07, 6.45) is 0.184.